The molecule has 4 N–H and O–H groups in total. The average molecular weight is 409 g/mol. The van der Waals surface area contributed by atoms with Gasteiger partial charge in [0, 0.05) is 37.8 Å². The van der Waals surface area contributed by atoms with E-state index in [-0.39, 0.29) is 12.2 Å². The minimum absolute atomic E-state index is 0.0168. The molecule has 158 valence electrons. The molecule has 0 saturated carbocycles. The molecule has 0 aliphatic carbocycles. The number of hydrazine groups is 1. The molecule has 2 fully saturated rings. The van der Waals surface area contributed by atoms with Gasteiger partial charge in [0.2, 0.25) is 0 Å². The normalized spacial score (nSPS) is 21.9. The molecule has 0 bridgehead atoms. The highest BCUT2D eigenvalue weighted by Gasteiger charge is 2.27. The Balaban J connectivity index is 1.35. The van der Waals surface area contributed by atoms with Crippen LogP contribution in [0.3, 0.4) is 0 Å². The number of methoxy groups -OCH3 is 1. The number of nitrogens with one attached hydrogen (secondary N) is 4. The first-order valence-electron chi connectivity index (χ1n) is 10.2. The maximum Gasteiger partial charge on any atom is 0.158 e. The standard InChI is InChI=1S/C21H27N7O2/c1-29-19-8-14(11-23-15-4-6-30-7-5-15)2-3-17(19)18-9-20(28-27-18)26-21-13-24-16(10-22)12-25-21/h2-3,8,12-13,15,18,20,23,27-28H,4-7,9,11H2,1H3,(H,25,26). The number of benzene rings is 1. The third kappa shape index (κ3) is 5.04. The van der Waals surface area contributed by atoms with Crippen molar-refractivity contribution >= 4 is 5.82 Å². The summed E-state index contributed by atoms with van der Waals surface area (Å²) in [6, 6.07) is 8.97. The highest BCUT2D eigenvalue weighted by Crippen LogP contribution is 2.31. The van der Waals surface area contributed by atoms with Crippen LogP contribution in [0.15, 0.2) is 30.6 Å². The number of hydrogen-bond donors (Lipinski definition) is 4. The highest BCUT2D eigenvalue weighted by atomic mass is 16.5. The van der Waals surface area contributed by atoms with Crippen molar-refractivity contribution in [2.24, 2.45) is 0 Å². The van der Waals surface area contributed by atoms with Crippen LogP contribution in [0.25, 0.3) is 0 Å². The average Bonchev–Trinajstić information content (AvgIpc) is 3.27. The number of anilines is 1. The molecule has 1 aromatic heterocycles. The molecule has 0 radical (unpaired) electrons. The minimum atomic E-state index is -0.0168. The van der Waals surface area contributed by atoms with E-state index < -0.39 is 0 Å². The molecule has 2 unspecified atom stereocenters. The van der Waals surface area contributed by atoms with Gasteiger partial charge < -0.3 is 20.1 Å². The van der Waals surface area contributed by atoms with Crippen molar-refractivity contribution in [3.05, 3.63) is 47.4 Å². The predicted octanol–water partition coefficient (Wildman–Crippen LogP) is 1.60. The third-order valence-corrected chi connectivity index (χ3v) is 5.48. The Labute approximate surface area is 176 Å². The summed E-state index contributed by atoms with van der Waals surface area (Å²) in [6.45, 7) is 2.49. The van der Waals surface area contributed by atoms with E-state index in [4.69, 9.17) is 14.7 Å². The number of ether oxygens (including phenoxy) is 2. The molecule has 4 rings (SSSR count). The molecule has 1 aromatic carbocycles. The van der Waals surface area contributed by atoms with Crippen molar-refractivity contribution in [3.8, 4) is 11.8 Å². The largest absolute Gasteiger partial charge is 0.496 e. The first kappa shape index (κ1) is 20.5. The summed E-state index contributed by atoms with van der Waals surface area (Å²) in [5.41, 5.74) is 9.17. The lowest BCUT2D eigenvalue weighted by Gasteiger charge is -2.23. The second-order valence-electron chi connectivity index (χ2n) is 7.52. The van der Waals surface area contributed by atoms with Gasteiger partial charge in [-0.3, -0.25) is 0 Å². The fraction of sp³-hybridized carbons (Fsp3) is 0.476. The van der Waals surface area contributed by atoms with Crippen LogP contribution < -0.4 is 26.2 Å². The zero-order valence-corrected chi connectivity index (χ0v) is 17.0. The molecule has 9 nitrogen and oxygen atoms in total. The summed E-state index contributed by atoms with van der Waals surface area (Å²) < 4.78 is 11.1. The second kappa shape index (κ2) is 9.82. The van der Waals surface area contributed by atoms with Gasteiger partial charge in [0.15, 0.2) is 5.69 Å². The SMILES string of the molecule is COc1cc(CNC2CCOCC2)ccc1C1CC(Nc2cnc(C#N)cn2)NN1. The Morgan fingerprint density at radius 2 is 2.10 bits per heavy atom. The van der Waals surface area contributed by atoms with Gasteiger partial charge in [-0.25, -0.2) is 20.8 Å². The van der Waals surface area contributed by atoms with Gasteiger partial charge in [-0.15, -0.1) is 0 Å². The summed E-state index contributed by atoms with van der Waals surface area (Å²) in [6.07, 6.45) is 5.93. The van der Waals surface area contributed by atoms with Crippen LogP contribution in [0.2, 0.25) is 0 Å². The van der Waals surface area contributed by atoms with Crippen molar-refractivity contribution in [1.82, 2.24) is 26.1 Å². The molecule has 2 aliphatic rings. The van der Waals surface area contributed by atoms with E-state index in [1.807, 2.05) is 6.07 Å². The summed E-state index contributed by atoms with van der Waals surface area (Å²) in [7, 11) is 1.71. The highest BCUT2D eigenvalue weighted by molar-refractivity contribution is 5.41. The van der Waals surface area contributed by atoms with Crippen molar-refractivity contribution < 1.29 is 9.47 Å². The molecule has 30 heavy (non-hydrogen) atoms. The van der Waals surface area contributed by atoms with E-state index in [9.17, 15) is 0 Å². The molecule has 0 amide bonds. The molecule has 2 saturated heterocycles. The molecule has 3 heterocycles. The van der Waals surface area contributed by atoms with Crippen LogP contribution in [0.1, 0.15) is 42.1 Å². The Kier molecular flexibility index (Phi) is 6.71. The lowest BCUT2D eigenvalue weighted by atomic mass is 10.0. The minimum Gasteiger partial charge on any atom is -0.496 e. The van der Waals surface area contributed by atoms with E-state index in [1.54, 1.807) is 13.3 Å². The van der Waals surface area contributed by atoms with E-state index in [2.05, 4.69) is 49.7 Å². The van der Waals surface area contributed by atoms with Crippen molar-refractivity contribution in [1.29, 1.82) is 5.26 Å². The number of nitriles is 1. The smallest absolute Gasteiger partial charge is 0.158 e. The number of aromatic nitrogens is 2. The van der Waals surface area contributed by atoms with Crippen molar-refractivity contribution in [2.45, 2.75) is 44.1 Å². The maximum absolute atomic E-state index is 8.83. The van der Waals surface area contributed by atoms with Crippen LogP contribution in [-0.4, -0.2) is 42.5 Å². The Hall–Kier alpha value is -2.77. The fourth-order valence-electron chi connectivity index (χ4n) is 3.81. The summed E-state index contributed by atoms with van der Waals surface area (Å²) >= 11 is 0. The summed E-state index contributed by atoms with van der Waals surface area (Å²) in [4.78, 5) is 8.25. The summed E-state index contributed by atoms with van der Waals surface area (Å²) in [5.74, 6) is 1.50. The maximum atomic E-state index is 8.83. The van der Waals surface area contributed by atoms with Crippen LogP contribution in [0.5, 0.6) is 5.75 Å². The van der Waals surface area contributed by atoms with Gasteiger partial charge in [0.25, 0.3) is 0 Å². The van der Waals surface area contributed by atoms with E-state index >= 15 is 0 Å². The lowest BCUT2D eigenvalue weighted by Crippen LogP contribution is -2.36. The van der Waals surface area contributed by atoms with Crippen molar-refractivity contribution in [2.75, 3.05) is 25.6 Å². The molecular formula is C21H27N7O2. The van der Waals surface area contributed by atoms with Gasteiger partial charge in [-0.1, -0.05) is 12.1 Å². The quantitative estimate of drug-likeness (QED) is 0.541. The molecule has 2 atom stereocenters. The van der Waals surface area contributed by atoms with Gasteiger partial charge in [-0.05, 0) is 24.5 Å². The first-order valence-corrected chi connectivity index (χ1v) is 10.2. The van der Waals surface area contributed by atoms with E-state index in [0.717, 1.165) is 50.3 Å². The van der Waals surface area contributed by atoms with Gasteiger partial charge in [0.1, 0.15) is 17.6 Å². The van der Waals surface area contributed by atoms with Crippen LogP contribution in [-0.2, 0) is 11.3 Å². The zero-order chi connectivity index (χ0) is 20.8. The molecule has 2 aromatic rings. The monoisotopic (exact) mass is 409 g/mol. The van der Waals surface area contributed by atoms with Gasteiger partial charge in [-0.2, -0.15) is 5.26 Å². The predicted molar refractivity (Wildman–Crippen MR) is 111 cm³/mol. The fourth-order valence-corrected chi connectivity index (χ4v) is 3.81. The Morgan fingerprint density at radius 3 is 2.83 bits per heavy atom. The zero-order valence-electron chi connectivity index (χ0n) is 17.0. The summed E-state index contributed by atoms with van der Waals surface area (Å²) in [5, 5.41) is 15.7. The number of hydrogen-bond acceptors (Lipinski definition) is 9. The van der Waals surface area contributed by atoms with Crippen molar-refractivity contribution in [3.63, 3.8) is 0 Å². The van der Waals surface area contributed by atoms with Gasteiger partial charge in [0.05, 0.1) is 31.7 Å². The topological polar surface area (TPSA) is 116 Å². The third-order valence-electron chi connectivity index (χ3n) is 5.48. The second-order valence-corrected chi connectivity index (χ2v) is 7.52. The van der Waals surface area contributed by atoms with Crippen LogP contribution in [0.4, 0.5) is 5.82 Å². The van der Waals surface area contributed by atoms with Crippen LogP contribution >= 0.6 is 0 Å². The molecule has 0 spiro atoms. The molecule has 9 heteroatoms. The molecule has 2 aliphatic heterocycles. The van der Waals surface area contributed by atoms with Crippen LogP contribution in [0, 0.1) is 11.3 Å². The molecular weight excluding hydrogens is 382 g/mol. The lowest BCUT2D eigenvalue weighted by molar-refractivity contribution is 0.0776. The number of nitrogens with zero attached hydrogens (tertiary/aromatic N) is 3. The van der Waals surface area contributed by atoms with E-state index in [1.165, 1.54) is 11.8 Å². The first-order chi connectivity index (χ1) is 14.7. The Bertz CT molecular complexity index is 878. The van der Waals surface area contributed by atoms with E-state index in [0.29, 0.717) is 17.6 Å². The Morgan fingerprint density at radius 1 is 1.23 bits per heavy atom. The van der Waals surface area contributed by atoms with Gasteiger partial charge >= 0.3 is 0 Å². The number of rotatable bonds is 7.